The molecular weight excluding hydrogens is 310 g/mol. The molecule has 0 saturated carbocycles. The van der Waals surface area contributed by atoms with Crippen molar-refractivity contribution in [2.75, 3.05) is 5.32 Å². The molecule has 2 aromatic rings. The van der Waals surface area contributed by atoms with Crippen LogP contribution in [0.5, 0.6) is 0 Å². The van der Waals surface area contributed by atoms with E-state index in [1.54, 1.807) is 0 Å². The van der Waals surface area contributed by atoms with E-state index in [4.69, 9.17) is 11.6 Å². The van der Waals surface area contributed by atoms with Gasteiger partial charge < -0.3 is 5.32 Å². The number of hydrogen-bond donors (Lipinski definition) is 1. The molecule has 0 fully saturated rings. The maximum Gasteiger partial charge on any atom is 0.0638 e. The van der Waals surface area contributed by atoms with Gasteiger partial charge in [-0.25, -0.2) is 0 Å². The van der Waals surface area contributed by atoms with Crippen LogP contribution in [0.15, 0.2) is 46.9 Å². The van der Waals surface area contributed by atoms with Crippen LogP contribution in [-0.4, -0.2) is 0 Å². The van der Waals surface area contributed by atoms with Crippen molar-refractivity contribution in [3.8, 4) is 0 Å². The van der Waals surface area contributed by atoms with Crippen LogP contribution in [0.3, 0.4) is 0 Å². The van der Waals surface area contributed by atoms with Gasteiger partial charge in [0.15, 0.2) is 0 Å². The van der Waals surface area contributed by atoms with E-state index in [-0.39, 0.29) is 0 Å². The summed E-state index contributed by atoms with van der Waals surface area (Å²) in [7, 11) is 0. The van der Waals surface area contributed by atoms with Crippen molar-refractivity contribution in [1.82, 2.24) is 0 Å². The van der Waals surface area contributed by atoms with Crippen molar-refractivity contribution >= 4 is 33.2 Å². The van der Waals surface area contributed by atoms with Crippen LogP contribution in [0.25, 0.3) is 0 Å². The smallest absolute Gasteiger partial charge is 0.0638 e. The Morgan fingerprint density at radius 1 is 1.06 bits per heavy atom. The quantitative estimate of drug-likeness (QED) is 0.807. The second kappa shape index (κ2) is 6.26. The number of hydrogen-bond acceptors (Lipinski definition) is 1. The van der Waals surface area contributed by atoms with E-state index in [0.29, 0.717) is 0 Å². The third kappa shape index (κ3) is 3.50. The van der Waals surface area contributed by atoms with Crippen LogP contribution in [-0.2, 0) is 13.0 Å². The molecule has 0 saturated heterocycles. The van der Waals surface area contributed by atoms with Gasteiger partial charge in [-0.1, -0.05) is 58.7 Å². The van der Waals surface area contributed by atoms with Crippen molar-refractivity contribution in [3.05, 3.63) is 63.1 Å². The monoisotopic (exact) mass is 323 g/mol. The lowest BCUT2D eigenvalue weighted by atomic mass is 10.1. The van der Waals surface area contributed by atoms with E-state index >= 15 is 0 Å². The second-order valence-electron chi connectivity index (χ2n) is 4.15. The molecule has 0 unspecified atom stereocenters. The summed E-state index contributed by atoms with van der Waals surface area (Å²) < 4.78 is 1.02. The van der Waals surface area contributed by atoms with E-state index in [1.165, 1.54) is 11.1 Å². The Bertz CT molecular complexity index is 523. The molecule has 0 aliphatic heterocycles. The first kappa shape index (κ1) is 13.4. The highest BCUT2D eigenvalue weighted by atomic mass is 79.9. The molecule has 94 valence electrons. The minimum Gasteiger partial charge on any atom is -0.380 e. The Labute approximate surface area is 121 Å². The SMILES string of the molecule is CCc1ccc(CNc2cc(Br)ccc2Cl)cc1. The number of halogens is 2. The third-order valence-electron chi connectivity index (χ3n) is 2.84. The summed E-state index contributed by atoms with van der Waals surface area (Å²) in [6.07, 6.45) is 1.07. The van der Waals surface area contributed by atoms with Gasteiger partial charge in [-0.05, 0) is 35.7 Å². The van der Waals surface area contributed by atoms with Crippen molar-refractivity contribution in [3.63, 3.8) is 0 Å². The topological polar surface area (TPSA) is 12.0 Å². The molecule has 18 heavy (non-hydrogen) atoms. The molecule has 1 N–H and O–H groups in total. The Kier molecular flexibility index (Phi) is 4.67. The van der Waals surface area contributed by atoms with Gasteiger partial charge in [-0.15, -0.1) is 0 Å². The van der Waals surface area contributed by atoms with Crippen LogP contribution < -0.4 is 5.32 Å². The molecule has 3 heteroatoms. The largest absolute Gasteiger partial charge is 0.380 e. The maximum atomic E-state index is 6.13. The standard InChI is InChI=1S/C15H15BrClN/c1-2-11-3-5-12(6-4-11)10-18-15-9-13(16)7-8-14(15)17/h3-9,18H,2,10H2,1H3. The van der Waals surface area contributed by atoms with E-state index in [1.807, 2.05) is 18.2 Å². The minimum atomic E-state index is 0.739. The van der Waals surface area contributed by atoms with E-state index < -0.39 is 0 Å². The fourth-order valence-corrected chi connectivity index (χ4v) is 2.27. The molecule has 0 radical (unpaired) electrons. The van der Waals surface area contributed by atoms with Gasteiger partial charge in [0.2, 0.25) is 0 Å². The average molecular weight is 325 g/mol. The van der Waals surface area contributed by atoms with Gasteiger partial charge >= 0.3 is 0 Å². The number of anilines is 1. The summed E-state index contributed by atoms with van der Waals surface area (Å²) in [5.41, 5.74) is 3.56. The molecule has 0 amide bonds. The number of aryl methyl sites for hydroxylation is 1. The lowest BCUT2D eigenvalue weighted by Gasteiger charge is -2.09. The molecule has 0 atom stereocenters. The van der Waals surface area contributed by atoms with Crippen molar-refractivity contribution in [2.24, 2.45) is 0 Å². The van der Waals surface area contributed by atoms with Crippen LogP contribution in [0, 0.1) is 0 Å². The molecular formula is C15H15BrClN. The highest BCUT2D eigenvalue weighted by Crippen LogP contribution is 2.26. The van der Waals surface area contributed by atoms with E-state index in [2.05, 4.69) is 52.4 Å². The predicted molar refractivity (Wildman–Crippen MR) is 82.3 cm³/mol. The molecule has 0 bridgehead atoms. The van der Waals surface area contributed by atoms with Gasteiger partial charge in [0.05, 0.1) is 10.7 Å². The molecule has 0 aliphatic rings. The van der Waals surface area contributed by atoms with Crippen molar-refractivity contribution < 1.29 is 0 Å². The minimum absolute atomic E-state index is 0.739. The molecule has 2 aromatic carbocycles. The van der Waals surface area contributed by atoms with Crippen molar-refractivity contribution in [1.29, 1.82) is 0 Å². The number of benzene rings is 2. The zero-order valence-corrected chi connectivity index (χ0v) is 12.6. The summed E-state index contributed by atoms with van der Waals surface area (Å²) in [6.45, 7) is 2.94. The summed E-state index contributed by atoms with van der Waals surface area (Å²) in [6, 6.07) is 14.4. The Balaban J connectivity index is 2.04. The normalized spacial score (nSPS) is 10.4. The van der Waals surface area contributed by atoms with E-state index in [9.17, 15) is 0 Å². The Morgan fingerprint density at radius 2 is 1.72 bits per heavy atom. The third-order valence-corrected chi connectivity index (χ3v) is 3.67. The molecule has 1 nitrogen and oxygen atoms in total. The summed E-state index contributed by atoms with van der Waals surface area (Å²) in [5.74, 6) is 0. The molecule has 0 spiro atoms. The fourth-order valence-electron chi connectivity index (χ4n) is 1.72. The van der Waals surface area contributed by atoms with E-state index in [0.717, 1.165) is 28.1 Å². The van der Waals surface area contributed by atoms with Gasteiger partial charge in [-0.3, -0.25) is 0 Å². The highest BCUT2D eigenvalue weighted by Gasteiger charge is 2.01. The Morgan fingerprint density at radius 3 is 2.39 bits per heavy atom. The zero-order chi connectivity index (χ0) is 13.0. The lowest BCUT2D eigenvalue weighted by Crippen LogP contribution is -2.00. The van der Waals surface area contributed by atoms with Gasteiger partial charge in [0.1, 0.15) is 0 Å². The Hall–Kier alpha value is -0.990. The molecule has 0 aliphatic carbocycles. The average Bonchev–Trinajstić information content (AvgIpc) is 2.40. The summed E-state index contributed by atoms with van der Waals surface area (Å²) >= 11 is 9.57. The van der Waals surface area contributed by atoms with Crippen LogP contribution in [0.4, 0.5) is 5.69 Å². The zero-order valence-electron chi connectivity index (χ0n) is 10.2. The lowest BCUT2D eigenvalue weighted by molar-refractivity contribution is 1.11. The number of rotatable bonds is 4. The van der Waals surface area contributed by atoms with Crippen LogP contribution in [0.2, 0.25) is 5.02 Å². The first-order valence-electron chi connectivity index (χ1n) is 5.96. The number of nitrogens with one attached hydrogen (secondary N) is 1. The van der Waals surface area contributed by atoms with Crippen LogP contribution >= 0.6 is 27.5 Å². The first-order valence-corrected chi connectivity index (χ1v) is 7.13. The highest BCUT2D eigenvalue weighted by molar-refractivity contribution is 9.10. The van der Waals surface area contributed by atoms with Gasteiger partial charge in [-0.2, -0.15) is 0 Å². The first-order chi connectivity index (χ1) is 8.69. The predicted octanol–water partition coefficient (Wildman–Crippen LogP) is 5.28. The maximum absolute atomic E-state index is 6.13. The summed E-state index contributed by atoms with van der Waals surface area (Å²) in [5, 5.41) is 4.08. The van der Waals surface area contributed by atoms with Crippen molar-refractivity contribution in [2.45, 2.75) is 19.9 Å². The second-order valence-corrected chi connectivity index (χ2v) is 5.47. The molecule has 0 aromatic heterocycles. The van der Waals surface area contributed by atoms with Gasteiger partial charge in [0.25, 0.3) is 0 Å². The molecule has 2 rings (SSSR count). The van der Waals surface area contributed by atoms with Gasteiger partial charge in [0, 0.05) is 11.0 Å². The molecule has 0 heterocycles. The van der Waals surface area contributed by atoms with Crippen LogP contribution in [0.1, 0.15) is 18.1 Å². The fraction of sp³-hybridized carbons (Fsp3) is 0.200. The summed E-state index contributed by atoms with van der Waals surface area (Å²) in [4.78, 5) is 0.